The van der Waals surface area contributed by atoms with Gasteiger partial charge in [0.1, 0.15) is 11.1 Å². The summed E-state index contributed by atoms with van der Waals surface area (Å²) in [6.07, 6.45) is 6.37. The fraction of sp³-hybridized carbons (Fsp3) is 0.462. The number of carbonyl (C=O) groups is 1. The normalized spacial score (nSPS) is 16.9. The summed E-state index contributed by atoms with van der Waals surface area (Å²) in [5.74, 6) is 0.409. The summed E-state index contributed by atoms with van der Waals surface area (Å²) in [6, 6.07) is 10.6. The quantitative estimate of drug-likeness (QED) is 0.560. The standard InChI is InChI=1S/C26H32N2OS/c1-25(2,3)18-10-7-17(8-11-18)9-14-23(29)28-24-21(16-27)20-13-12-19(26(4,5)6)15-22(20)30-24/h7-11,14,19H,12-13,15H2,1-6H3,(H,28,29)/b14-9+/t19-/m1/s1. The summed E-state index contributed by atoms with van der Waals surface area (Å²) in [6.45, 7) is 13.4. The molecule has 1 amide bonds. The molecular formula is C26H32N2OS. The van der Waals surface area contributed by atoms with Crippen LogP contribution in [0.25, 0.3) is 6.08 Å². The van der Waals surface area contributed by atoms with E-state index in [0.717, 1.165) is 30.4 Å². The van der Waals surface area contributed by atoms with Crippen LogP contribution in [0.2, 0.25) is 0 Å². The summed E-state index contributed by atoms with van der Waals surface area (Å²) >= 11 is 1.57. The van der Waals surface area contributed by atoms with Crippen molar-refractivity contribution in [1.82, 2.24) is 0 Å². The van der Waals surface area contributed by atoms with Crippen LogP contribution in [0.3, 0.4) is 0 Å². The van der Waals surface area contributed by atoms with Crippen molar-refractivity contribution in [3.8, 4) is 6.07 Å². The van der Waals surface area contributed by atoms with E-state index in [2.05, 4.69) is 65.1 Å². The van der Waals surface area contributed by atoms with Crippen LogP contribution in [0, 0.1) is 22.7 Å². The molecule has 0 radical (unpaired) electrons. The Morgan fingerprint density at radius 2 is 1.83 bits per heavy atom. The first kappa shape index (κ1) is 22.3. The largest absolute Gasteiger partial charge is 0.313 e. The number of benzene rings is 1. The summed E-state index contributed by atoms with van der Waals surface area (Å²) in [7, 11) is 0. The van der Waals surface area contributed by atoms with Gasteiger partial charge in [0.25, 0.3) is 0 Å². The Morgan fingerprint density at radius 3 is 2.40 bits per heavy atom. The van der Waals surface area contributed by atoms with Gasteiger partial charge in [0.2, 0.25) is 5.91 Å². The number of hydrogen-bond acceptors (Lipinski definition) is 3. The van der Waals surface area contributed by atoms with Crippen molar-refractivity contribution in [2.75, 3.05) is 5.32 Å². The Morgan fingerprint density at radius 1 is 1.17 bits per heavy atom. The topological polar surface area (TPSA) is 52.9 Å². The highest BCUT2D eigenvalue weighted by Gasteiger charge is 2.32. The lowest BCUT2D eigenvalue weighted by Crippen LogP contribution is -2.26. The van der Waals surface area contributed by atoms with Gasteiger partial charge in [-0.15, -0.1) is 11.3 Å². The zero-order valence-electron chi connectivity index (χ0n) is 18.9. The van der Waals surface area contributed by atoms with E-state index < -0.39 is 0 Å². The summed E-state index contributed by atoms with van der Waals surface area (Å²) in [4.78, 5) is 13.8. The lowest BCUT2D eigenvalue weighted by Gasteiger charge is -2.33. The first-order chi connectivity index (χ1) is 14.0. The van der Waals surface area contributed by atoms with Crippen molar-refractivity contribution < 1.29 is 4.79 Å². The third-order valence-corrected chi connectivity index (χ3v) is 7.21. The monoisotopic (exact) mass is 420 g/mol. The smallest absolute Gasteiger partial charge is 0.249 e. The molecule has 0 saturated heterocycles. The molecule has 30 heavy (non-hydrogen) atoms. The van der Waals surface area contributed by atoms with Crippen molar-refractivity contribution >= 4 is 28.3 Å². The third-order valence-electron chi connectivity index (χ3n) is 6.04. The van der Waals surface area contributed by atoms with Crippen LogP contribution in [0.5, 0.6) is 0 Å². The fourth-order valence-corrected chi connectivity index (χ4v) is 5.23. The molecule has 4 heteroatoms. The molecule has 0 fully saturated rings. The van der Waals surface area contributed by atoms with Crippen LogP contribution in [-0.2, 0) is 23.1 Å². The van der Waals surface area contributed by atoms with Crippen LogP contribution >= 0.6 is 11.3 Å². The Bertz CT molecular complexity index is 992. The number of nitrogens with one attached hydrogen (secondary N) is 1. The minimum absolute atomic E-state index is 0.109. The molecule has 1 aromatic heterocycles. The highest BCUT2D eigenvalue weighted by Crippen LogP contribution is 2.44. The second-order valence-corrected chi connectivity index (χ2v) is 11.4. The first-order valence-corrected chi connectivity index (χ1v) is 11.4. The van der Waals surface area contributed by atoms with Crippen molar-refractivity contribution in [3.63, 3.8) is 0 Å². The Hall–Kier alpha value is -2.38. The number of nitrogens with zero attached hydrogens (tertiary/aromatic N) is 1. The van der Waals surface area contributed by atoms with Crippen LogP contribution in [-0.4, -0.2) is 5.91 Å². The maximum Gasteiger partial charge on any atom is 0.249 e. The van der Waals surface area contributed by atoms with Crippen LogP contribution < -0.4 is 5.32 Å². The number of thiophene rings is 1. The SMILES string of the molecule is CC(C)(C)c1ccc(/C=C/C(=O)Nc2sc3c(c2C#N)CC[C@@H](C(C)(C)C)C3)cc1. The minimum atomic E-state index is -0.197. The second kappa shape index (κ2) is 8.40. The Balaban J connectivity index is 1.72. The number of fused-ring (bicyclic) bond motifs is 1. The minimum Gasteiger partial charge on any atom is -0.313 e. The van der Waals surface area contributed by atoms with E-state index in [1.165, 1.54) is 10.4 Å². The number of rotatable bonds is 3. The van der Waals surface area contributed by atoms with Crippen molar-refractivity contribution in [2.24, 2.45) is 11.3 Å². The molecule has 0 unspecified atom stereocenters. The molecule has 0 saturated carbocycles. The Kier molecular flexibility index (Phi) is 6.24. The van der Waals surface area contributed by atoms with Gasteiger partial charge in [-0.3, -0.25) is 4.79 Å². The number of anilines is 1. The first-order valence-electron chi connectivity index (χ1n) is 10.6. The molecule has 1 aliphatic carbocycles. The highest BCUT2D eigenvalue weighted by molar-refractivity contribution is 7.16. The van der Waals surface area contributed by atoms with E-state index in [0.29, 0.717) is 16.5 Å². The van der Waals surface area contributed by atoms with Gasteiger partial charge in [-0.1, -0.05) is 65.8 Å². The second-order valence-electron chi connectivity index (χ2n) is 10.3. The molecule has 1 N–H and O–H groups in total. The molecular weight excluding hydrogens is 388 g/mol. The van der Waals surface area contributed by atoms with Gasteiger partial charge >= 0.3 is 0 Å². The van der Waals surface area contributed by atoms with Gasteiger partial charge in [-0.2, -0.15) is 5.26 Å². The maximum absolute atomic E-state index is 12.5. The molecule has 0 aliphatic heterocycles. The zero-order valence-corrected chi connectivity index (χ0v) is 19.7. The molecule has 2 aromatic rings. The van der Waals surface area contributed by atoms with Crippen LogP contribution in [0.1, 0.15) is 75.1 Å². The van der Waals surface area contributed by atoms with Gasteiger partial charge in [0, 0.05) is 11.0 Å². The number of nitriles is 1. The predicted molar refractivity (Wildman–Crippen MR) is 127 cm³/mol. The molecule has 1 atom stereocenters. The lowest BCUT2D eigenvalue weighted by molar-refractivity contribution is -0.111. The maximum atomic E-state index is 12.5. The van der Waals surface area contributed by atoms with Gasteiger partial charge in [-0.25, -0.2) is 0 Å². The molecule has 3 rings (SSSR count). The third kappa shape index (κ3) is 5.02. The van der Waals surface area contributed by atoms with Gasteiger partial charge in [0.05, 0.1) is 5.56 Å². The van der Waals surface area contributed by atoms with Crippen molar-refractivity contribution in [2.45, 2.75) is 66.2 Å². The van der Waals surface area contributed by atoms with Gasteiger partial charge in [-0.05, 0) is 58.8 Å². The van der Waals surface area contributed by atoms with E-state index in [9.17, 15) is 10.1 Å². The predicted octanol–water partition coefficient (Wildman–Crippen LogP) is 6.72. The van der Waals surface area contributed by atoms with Crippen molar-refractivity contribution in [3.05, 3.63) is 57.5 Å². The van der Waals surface area contributed by atoms with Gasteiger partial charge in [0.15, 0.2) is 0 Å². The van der Waals surface area contributed by atoms with E-state index in [1.807, 2.05) is 18.2 Å². The van der Waals surface area contributed by atoms with Crippen LogP contribution in [0.15, 0.2) is 30.3 Å². The molecule has 0 spiro atoms. The number of carbonyl (C=O) groups excluding carboxylic acids is 1. The zero-order chi connectivity index (χ0) is 22.1. The average Bonchev–Trinajstić information content (AvgIpc) is 3.01. The number of amides is 1. The molecule has 0 bridgehead atoms. The fourth-order valence-electron chi connectivity index (χ4n) is 3.95. The molecule has 1 aliphatic rings. The van der Waals surface area contributed by atoms with E-state index in [1.54, 1.807) is 17.4 Å². The average molecular weight is 421 g/mol. The van der Waals surface area contributed by atoms with Crippen molar-refractivity contribution in [1.29, 1.82) is 5.26 Å². The Labute approximate surface area is 184 Å². The summed E-state index contributed by atoms with van der Waals surface area (Å²) in [5.41, 5.74) is 4.40. The van der Waals surface area contributed by atoms with E-state index in [-0.39, 0.29) is 16.7 Å². The summed E-state index contributed by atoms with van der Waals surface area (Å²) < 4.78 is 0. The molecule has 1 heterocycles. The molecule has 3 nitrogen and oxygen atoms in total. The van der Waals surface area contributed by atoms with Crippen LogP contribution in [0.4, 0.5) is 5.00 Å². The molecule has 158 valence electrons. The van der Waals surface area contributed by atoms with E-state index >= 15 is 0 Å². The lowest BCUT2D eigenvalue weighted by atomic mass is 9.72. The highest BCUT2D eigenvalue weighted by atomic mass is 32.1. The summed E-state index contributed by atoms with van der Waals surface area (Å²) in [5, 5.41) is 13.3. The number of hydrogen-bond donors (Lipinski definition) is 1. The molecule has 1 aromatic carbocycles. The van der Waals surface area contributed by atoms with E-state index in [4.69, 9.17) is 0 Å². The van der Waals surface area contributed by atoms with Gasteiger partial charge < -0.3 is 5.32 Å².